The second-order valence-corrected chi connectivity index (χ2v) is 7.70. The Kier molecular flexibility index (Phi) is 5.30. The Labute approximate surface area is 127 Å². The van der Waals surface area contributed by atoms with E-state index in [0.29, 0.717) is 6.04 Å². The molecule has 110 valence electrons. The zero-order valence-corrected chi connectivity index (χ0v) is 13.3. The monoisotopic (exact) mass is 289 g/mol. The van der Waals surface area contributed by atoms with Crippen LogP contribution in [0.15, 0.2) is 29.2 Å². The van der Waals surface area contributed by atoms with Crippen molar-refractivity contribution in [1.29, 1.82) is 0 Å². The summed E-state index contributed by atoms with van der Waals surface area (Å²) in [5, 5.41) is 4.70. The minimum Gasteiger partial charge on any atom is -0.381 e. The van der Waals surface area contributed by atoms with E-state index in [-0.39, 0.29) is 0 Å². The molecular weight excluding hydrogens is 262 g/mol. The highest BCUT2D eigenvalue weighted by atomic mass is 32.2. The fourth-order valence-corrected chi connectivity index (χ4v) is 4.86. The van der Waals surface area contributed by atoms with Crippen LogP contribution >= 0.6 is 11.8 Å². The van der Waals surface area contributed by atoms with E-state index in [0.717, 1.165) is 5.25 Å². The molecule has 2 aliphatic carbocycles. The van der Waals surface area contributed by atoms with Crippen LogP contribution in [0.1, 0.15) is 64.2 Å². The Morgan fingerprint density at radius 2 is 1.45 bits per heavy atom. The molecule has 1 aromatic carbocycles. The van der Waals surface area contributed by atoms with Crippen LogP contribution in [-0.4, -0.2) is 11.3 Å². The summed E-state index contributed by atoms with van der Waals surface area (Å²) in [5.74, 6) is 0. The van der Waals surface area contributed by atoms with E-state index in [2.05, 4.69) is 41.3 Å². The van der Waals surface area contributed by atoms with Crippen molar-refractivity contribution in [3.8, 4) is 0 Å². The zero-order chi connectivity index (χ0) is 13.6. The highest BCUT2D eigenvalue weighted by Gasteiger charge is 2.19. The molecule has 0 aliphatic heterocycles. The Morgan fingerprint density at radius 3 is 2.20 bits per heavy atom. The van der Waals surface area contributed by atoms with Crippen molar-refractivity contribution in [2.24, 2.45) is 0 Å². The van der Waals surface area contributed by atoms with Crippen molar-refractivity contribution in [3.05, 3.63) is 24.3 Å². The van der Waals surface area contributed by atoms with Gasteiger partial charge in [-0.1, -0.05) is 50.7 Å². The zero-order valence-electron chi connectivity index (χ0n) is 12.4. The standard InChI is InChI=1S/C18H27NS/c1-2-4-10-15(9-3-1)19-17-13-7-8-14-18(17)20-16-11-5-6-12-16/h7-8,13-16,19H,1-6,9-12H2. The van der Waals surface area contributed by atoms with Crippen molar-refractivity contribution < 1.29 is 0 Å². The molecule has 2 saturated carbocycles. The highest BCUT2D eigenvalue weighted by Crippen LogP contribution is 2.38. The van der Waals surface area contributed by atoms with Gasteiger partial charge in [0.25, 0.3) is 0 Å². The number of nitrogens with one attached hydrogen (secondary N) is 1. The van der Waals surface area contributed by atoms with Crippen LogP contribution in [0.3, 0.4) is 0 Å². The number of benzene rings is 1. The molecule has 1 nitrogen and oxygen atoms in total. The Morgan fingerprint density at radius 1 is 0.800 bits per heavy atom. The fraction of sp³-hybridized carbons (Fsp3) is 0.667. The van der Waals surface area contributed by atoms with Crippen LogP contribution in [-0.2, 0) is 0 Å². The van der Waals surface area contributed by atoms with Gasteiger partial charge in [0, 0.05) is 21.9 Å². The lowest BCUT2D eigenvalue weighted by Crippen LogP contribution is -2.18. The first-order chi connectivity index (χ1) is 9.92. The van der Waals surface area contributed by atoms with Crippen molar-refractivity contribution in [2.45, 2.75) is 80.4 Å². The average molecular weight is 289 g/mol. The third kappa shape index (κ3) is 3.94. The molecule has 20 heavy (non-hydrogen) atoms. The lowest BCUT2D eigenvalue weighted by atomic mass is 10.1. The van der Waals surface area contributed by atoms with Gasteiger partial charge >= 0.3 is 0 Å². The third-order valence-corrected chi connectivity index (χ3v) is 6.11. The lowest BCUT2D eigenvalue weighted by Gasteiger charge is -2.21. The molecule has 0 heterocycles. The first kappa shape index (κ1) is 14.3. The molecule has 0 unspecified atom stereocenters. The van der Waals surface area contributed by atoms with Crippen LogP contribution in [0.25, 0.3) is 0 Å². The molecule has 0 spiro atoms. The summed E-state index contributed by atoms with van der Waals surface area (Å²) < 4.78 is 0. The van der Waals surface area contributed by atoms with E-state index in [9.17, 15) is 0 Å². The van der Waals surface area contributed by atoms with Gasteiger partial charge in [0.05, 0.1) is 0 Å². The summed E-state index contributed by atoms with van der Waals surface area (Å²) in [7, 11) is 0. The van der Waals surface area contributed by atoms with Crippen molar-refractivity contribution >= 4 is 17.4 Å². The summed E-state index contributed by atoms with van der Waals surface area (Å²) in [4.78, 5) is 1.48. The first-order valence-electron chi connectivity index (χ1n) is 8.44. The maximum Gasteiger partial charge on any atom is 0.0480 e. The minimum absolute atomic E-state index is 0.697. The van der Waals surface area contributed by atoms with Crippen molar-refractivity contribution in [3.63, 3.8) is 0 Å². The maximum absolute atomic E-state index is 3.84. The Balaban J connectivity index is 1.65. The molecule has 0 atom stereocenters. The van der Waals surface area contributed by atoms with Gasteiger partial charge in [0.1, 0.15) is 0 Å². The molecule has 1 N–H and O–H groups in total. The molecule has 2 heteroatoms. The van der Waals surface area contributed by atoms with Gasteiger partial charge in [-0.15, -0.1) is 11.8 Å². The van der Waals surface area contributed by atoms with E-state index in [1.54, 1.807) is 0 Å². The quantitative estimate of drug-likeness (QED) is 0.697. The van der Waals surface area contributed by atoms with Crippen molar-refractivity contribution in [1.82, 2.24) is 0 Å². The smallest absolute Gasteiger partial charge is 0.0480 e. The summed E-state index contributed by atoms with van der Waals surface area (Å²) in [6.07, 6.45) is 14.0. The maximum atomic E-state index is 3.84. The van der Waals surface area contributed by atoms with E-state index in [1.165, 1.54) is 74.8 Å². The molecule has 0 bridgehead atoms. The fourth-order valence-electron chi connectivity index (χ4n) is 3.52. The van der Waals surface area contributed by atoms with Crippen LogP contribution in [0, 0.1) is 0 Å². The van der Waals surface area contributed by atoms with Gasteiger partial charge in [-0.2, -0.15) is 0 Å². The van der Waals surface area contributed by atoms with Gasteiger partial charge in [0.15, 0.2) is 0 Å². The normalized spacial score (nSPS) is 21.8. The molecule has 3 rings (SSSR count). The molecule has 2 aliphatic rings. The molecule has 1 aromatic rings. The van der Waals surface area contributed by atoms with Crippen LogP contribution < -0.4 is 5.32 Å². The molecule has 0 amide bonds. The third-order valence-electron chi connectivity index (χ3n) is 4.70. The number of hydrogen-bond acceptors (Lipinski definition) is 2. The largest absolute Gasteiger partial charge is 0.381 e. The second kappa shape index (κ2) is 7.40. The minimum atomic E-state index is 0.697. The molecule has 0 radical (unpaired) electrons. The summed E-state index contributed by atoms with van der Waals surface area (Å²) in [6, 6.07) is 9.65. The predicted molar refractivity (Wildman–Crippen MR) is 89.7 cm³/mol. The van der Waals surface area contributed by atoms with E-state index < -0.39 is 0 Å². The van der Waals surface area contributed by atoms with Crippen LogP contribution in [0.4, 0.5) is 5.69 Å². The topological polar surface area (TPSA) is 12.0 Å². The molecule has 0 saturated heterocycles. The van der Waals surface area contributed by atoms with Gasteiger partial charge in [-0.3, -0.25) is 0 Å². The van der Waals surface area contributed by atoms with E-state index >= 15 is 0 Å². The average Bonchev–Trinajstić information content (AvgIpc) is 2.84. The van der Waals surface area contributed by atoms with Crippen LogP contribution in [0.2, 0.25) is 0 Å². The SMILES string of the molecule is c1ccc(SC2CCCC2)c(NC2CCCCCC2)c1. The predicted octanol–water partition coefficient (Wildman–Crippen LogP) is 5.86. The first-order valence-corrected chi connectivity index (χ1v) is 9.32. The second-order valence-electron chi connectivity index (χ2n) is 6.35. The van der Waals surface area contributed by atoms with Gasteiger partial charge < -0.3 is 5.32 Å². The molecule has 2 fully saturated rings. The molecular formula is C18H27NS. The number of rotatable bonds is 4. The number of hydrogen-bond donors (Lipinski definition) is 1. The summed E-state index contributed by atoms with van der Waals surface area (Å²) in [6.45, 7) is 0. The van der Waals surface area contributed by atoms with Gasteiger partial charge in [0.2, 0.25) is 0 Å². The summed E-state index contributed by atoms with van der Waals surface area (Å²) >= 11 is 2.11. The Hall–Kier alpha value is -0.630. The van der Waals surface area contributed by atoms with Gasteiger partial charge in [-0.25, -0.2) is 0 Å². The lowest BCUT2D eigenvalue weighted by molar-refractivity contribution is 0.619. The van der Waals surface area contributed by atoms with Gasteiger partial charge in [-0.05, 0) is 37.8 Å². The van der Waals surface area contributed by atoms with Crippen LogP contribution in [0.5, 0.6) is 0 Å². The van der Waals surface area contributed by atoms with E-state index in [1.807, 2.05) is 0 Å². The highest BCUT2D eigenvalue weighted by molar-refractivity contribution is 8.00. The number of thioether (sulfide) groups is 1. The van der Waals surface area contributed by atoms with Crippen molar-refractivity contribution in [2.75, 3.05) is 5.32 Å². The van der Waals surface area contributed by atoms with E-state index in [4.69, 9.17) is 0 Å². The number of para-hydroxylation sites is 1. The number of anilines is 1. The summed E-state index contributed by atoms with van der Waals surface area (Å²) in [5.41, 5.74) is 1.39. The Bertz CT molecular complexity index is 404. The molecule has 0 aromatic heterocycles.